The van der Waals surface area contributed by atoms with Gasteiger partial charge in [-0.05, 0) is 55.0 Å². The number of hydrogen-bond acceptors (Lipinski definition) is 3. The van der Waals surface area contributed by atoms with Gasteiger partial charge in [-0.3, -0.25) is 4.79 Å². The maximum absolute atomic E-state index is 11.9. The number of anilines is 1. The maximum Gasteiger partial charge on any atom is 0.257 e. The summed E-state index contributed by atoms with van der Waals surface area (Å²) in [6.07, 6.45) is 4.40. The Hall–Kier alpha value is -2.49. The number of aryl methyl sites for hydroxylation is 1. The van der Waals surface area contributed by atoms with Gasteiger partial charge in [-0.1, -0.05) is 37.3 Å². The molecule has 4 nitrogen and oxygen atoms in total. The van der Waals surface area contributed by atoms with Crippen molar-refractivity contribution < 1.29 is 9.53 Å². The fraction of sp³-hybridized carbons (Fsp3) is 0.409. The van der Waals surface area contributed by atoms with E-state index in [4.69, 9.17) is 4.74 Å². The molecule has 0 aliphatic carbocycles. The Bertz CT molecular complexity index is 715. The Morgan fingerprint density at radius 1 is 1.19 bits per heavy atom. The lowest BCUT2D eigenvalue weighted by Crippen LogP contribution is -2.31. The van der Waals surface area contributed by atoms with E-state index < -0.39 is 0 Å². The van der Waals surface area contributed by atoms with Crippen LogP contribution in [-0.4, -0.2) is 32.1 Å². The molecule has 1 aliphatic rings. The second kappa shape index (κ2) is 9.27. The zero-order chi connectivity index (χ0) is 18.2. The van der Waals surface area contributed by atoms with Crippen molar-refractivity contribution in [2.75, 3.05) is 31.1 Å². The number of nitrogens with one attached hydrogen (secondary N) is 1. The summed E-state index contributed by atoms with van der Waals surface area (Å²) >= 11 is 0. The number of nitrogens with zero attached hydrogens (tertiary/aromatic N) is 1. The lowest BCUT2D eigenvalue weighted by molar-refractivity contribution is -0.123. The van der Waals surface area contributed by atoms with Gasteiger partial charge in [0.1, 0.15) is 5.75 Å². The Morgan fingerprint density at radius 2 is 2.04 bits per heavy atom. The number of ether oxygens (including phenoxy) is 1. The average molecular weight is 352 g/mol. The largest absolute Gasteiger partial charge is 0.484 e. The molecule has 0 fully saturated rings. The molecule has 0 spiro atoms. The van der Waals surface area contributed by atoms with E-state index in [0.29, 0.717) is 12.3 Å². The molecule has 2 aromatic rings. The molecule has 1 aliphatic heterocycles. The molecule has 0 radical (unpaired) electrons. The van der Waals surface area contributed by atoms with E-state index in [1.165, 1.54) is 29.7 Å². The third kappa shape index (κ3) is 5.01. The number of carbonyl (C=O) groups is 1. The minimum Gasteiger partial charge on any atom is -0.484 e. The van der Waals surface area contributed by atoms with Crippen LogP contribution in [0.2, 0.25) is 0 Å². The summed E-state index contributed by atoms with van der Waals surface area (Å²) in [7, 11) is 0. The highest BCUT2D eigenvalue weighted by Gasteiger charge is 2.16. The van der Waals surface area contributed by atoms with Crippen LogP contribution in [0.1, 0.15) is 30.9 Å². The summed E-state index contributed by atoms with van der Waals surface area (Å²) in [5, 5.41) is 2.94. The third-order valence-electron chi connectivity index (χ3n) is 4.70. The molecule has 4 heteroatoms. The first-order chi connectivity index (χ1) is 12.8. The fourth-order valence-electron chi connectivity index (χ4n) is 3.45. The van der Waals surface area contributed by atoms with Gasteiger partial charge in [0.2, 0.25) is 0 Å². The zero-order valence-corrected chi connectivity index (χ0v) is 15.5. The van der Waals surface area contributed by atoms with Gasteiger partial charge in [0.15, 0.2) is 6.61 Å². The number of benzene rings is 2. The summed E-state index contributed by atoms with van der Waals surface area (Å²) < 4.78 is 5.46. The predicted octanol–water partition coefficient (Wildman–Crippen LogP) is 3.59. The number of fused-ring (bicyclic) bond motifs is 1. The van der Waals surface area contributed by atoms with Crippen LogP contribution in [0, 0.1) is 0 Å². The topological polar surface area (TPSA) is 41.6 Å². The molecule has 138 valence electrons. The smallest absolute Gasteiger partial charge is 0.257 e. The van der Waals surface area contributed by atoms with E-state index in [9.17, 15) is 4.79 Å². The number of para-hydroxylation sites is 1. The predicted molar refractivity (Wildman–Crippen MR) is 106 cm³/mol. The van der Waals surface area contributed by atoms with Crippen LogP contribution < -0.4 is 15.0 Å². The van der Waals surface area contributed by atoms with Crippen molar-refractivity contribution in [2.24, 2.45) is 0 Å². The molecule has 3 rings (SSSR count). The van der Waals surface area contributed by atoms with Crippen molar-refractivity contribution in [3.63, 3.8) is 0 Å². The van der Waals surface area contributed by atoms with Crippen molar-refractivity contribution in [3.05, 3.63) is 59.7 Å². The van der Waals surface area contributed by atoms with E-state index >= 15 is 0 Å². The standard InChI is InChI=1S/C22H28N2O2/c1-2-14-24-15-6-7-19-16-18(10-11-21(19)24)12-13-23-22(25)17-26-20-8-4-3-5-9-20/h3-5,8-11,16H,2,6-7,12-15,17H2,1H3,(H,23,25). The van der Waals surface area contributed by atoms with Crippen LogP contribution in [0.3, 0.4) is 0 Å². The second-order valence-electron chi connectivity index (χ2n) is 6.76. The lowest BCUT2D eigenvalue weighted by atomic mass is 9.98. The molecule has 0 saturated carbocycles. The monoisotopic (exact) mass is 352 g/mol. The Kier molecular flexibility index (Phi) is 6.53. The molecule has 2 aromatic carbocycles. The van der Waals surface area contributed by atoms with E-state index in [1.807, 2.05) is 30.3 Å². The van der Waals surface area contributed by atoms with E-state index in [-0.39, 0.29) is 12.5 Å². The van der Waals surface area contributed by atoms with Gasteiger partial charge in [0.25, 0.3) is 5.91 Å². The number of hydrogen-bond donors (Lipinski definition) is 1. The highest BCUT2D eigenvalue weighted by molar-refractivity contribution is 5.77. The van der Waals surface area contributed by atoms with Crippen LogP contribution >= 0.6 is 0 Å². The molecule has 0 unspecified atom stereocenters. The van der Waals surface area contributed by atoms with Crippen molar-refractivity contribution in [1.29, 1.82) is 0 Å². The fourth-order valence-corrected chi connectivity index (χ4v) is 3.45. The van der Waals surface area contributed by atoms with Crippen molar-refractivity contribution in [3.8, 4) is 5.75 Å². The Morgan fingerprint density at radius 3 is 2.85 bits per heavy atom. The van der Waals surface area contributed by atoms with Crippen LogP contribution in [0.4, 0.5) is 5.69 Å². The lowest BCUT2D eigenvalue weighted by Gasteiger charge is -2.31. The van der Waals surface area contributed by atoms with Gasteiger partial charge in [0.05, 0.1) is 0 Å². The first kappa shape index (κ1) is 18.3. The zero-order valence-electron chi connectivity index (χ0n) is 15.5. The number of amides is 1. The summed E-state index contributed by atoms with van der Waals surface area (Å²) in [6, 6.07) is 16.2. The normalized spacial score (nSPS) is 13.2. The minimum atomic E-state index is -0.0825. The van der Waals surface area contributed by atoms with Crippen LogP contribution in [0.25, 0.3) is 0 Å². The quantitative estimate of drug-likeness (QED) is 0.789. The first-order valence-corrected chi connectivity index (χ1v) is 9.57. The van der Waals surface area contributed by atoms with E-state index in [2.05, 4.69) is 35.3 Å². The van der Waals surface area contributed by atoms with Gasteiger partial charge in [-0.2, -0.15) is 0 Å². The maximum atomic E-state index is 11.9. The molecule has 0 aromatic heterocycles. The van der Waals surface area contributed by atoms with E-state index in [1.54, 1.807) is 0 Å². The first-order valence-electron chi connectivity index (χ1n) is 9.57. The van der Waals surface area contributed by atoms with Crippen LogP contribution in [0.15, 0.2) is 48.5 Å². The van der Waals surface area contributed by atoms with Gasteiger partial charge in [0, 0.05) is 25.3 Å². The molecule has 0 atom stereocenters. The van der Waals surface area contributed by atoms with Crippen molar-refractivity contribution >= 4 is 11.6 Å². The molecule has 1 N–H and O–H groups in total. The molecule has 0 saturated heterocycles. The van der Waals surface area contributed by atoms with Gasteiger partial charge >= 0.3 is 0 Å². The molecular formula is C22H28N2O2. The van der Waals surface area contributed by atoms with Crippen LogP contribution in [-0.2, 0) is 17.6 Å². The highest BCUT2D eigenvalue weighted by atomic mass is 16.5. The van der Waals surface area contributed by atoms with Crippen LogP contribution in [0.5, 0.6) is 5.75 Å². The Labute approximate surface area is 156 Å². The van der Waals surface area contributed by atoms with Gasteiger partial charge in [-0.25, -0.2) is 0 Å². The molecule has 1 amide bonds. The summed E-state index contributed by atoms with van der Waals surface area (Å²) in [5.41, 5.74) is 4.12. The van der Waals surface area contributed by atoms with Gasteiger partial charge in [-0.15, -0.1) is 0 Å². The van der Waals surface area contributed by atoms with Crippen molar-refractivity contribution in [2.45, 2.75) is 32.6 Å². The van der Waals surface area contributed by atoms with E-state index in [0.717, 1.165) is 25.9 Å². The molecule has 26 heavy (non-hydrogen) atoms. The SMILES string of the molecule is CCCN1CCCc2cc(CCNC(=O)COc3ccccc3)ccc21. The Balaban J connectivity index is 1.45. The highest BCUT2D eigenvalue weighted by Crippen LogP contribution is 2.28. The van der Waals surface area contributed by atoms with Crippen molar-refractivity contribution in [1.82, 2.24) is 5.32 Å². The summed E-state index contributed by atoms with van der Waals surface area (Å²) in [4.78, 5) is 14.4. The second-order valence-corrected chi connectivity index (χ2v) is 6.76. The average Bonchev–Trinajstić information content (AvgIpc) is 2.67. The number of carbonyl (C=O) groups excluding carboxylic acids is 1. The third-order valence-corrected chi connectivity index (χ3v) is 4.70. The van der Waals surface area contributed by atoms with Gasteiger partial charge < -0.3 is 15.0 Å². The number of rotatable bonds is 8. The molecule has 0 bridgehead atoms. The summed E-state index contributed by atoms with van der Waals surface area (Å²) in [5.74, 6) is 0.634. The molecular weight excluding hydrogens is 324 g/mol. The summed E-state index contributed by atoms with van der Waals surface area (Å²) in [6.45, 7) is 5.21. The molecule has 1 heterocycles. The minimum absolute atomic E-state index is 0.0557.